The van der Waals surface area contributed by atoms with Crippen molar-refractivity contribution in [3.05, 3.63) is 29.3 Å². The van der Waals surface area contributed by atoms with Crippen molar-refractivity contribution < 1.29 is 13.5 Å². The number of halogens is 2. The molecule has 1 heterocycles. The second kappa shape index (κ2) is 5.26. The van der Waals surface area contributed by atoms with E-state index in [0.29, 0.717) is 13.2 Å². The van der Waals surface area contributed by atoms with Gasteiger partial charge in [0.05, 0.1) is 24.4 Å². The molecule has 6 heteroatoms. The van der Waals surface area contributed by atoms with Crippen LogP contribution in [0, 0.1) is 11.6 Å². The van der Waals surface area contributed by atoms with Gasteiger partial charge in [-0.2, -0.15) is 0 Å². The Kier molecular flexibility index (Phi) is 3.60. The zero-order valence-electron chi connectivity index (χ0n) is 10.9. The fraction of sp³-hybridized carbons (Fsp3) is 0.500. The predicted octanol–water partition coefficient (Wildman–Crippen LogP) is 2.36. The lowest BCUT2D eigenvalue weighted by molar-refractivity contribution is 0.0253. The lowest BCUT2D eigenvalue weighted by Crippen LogP contribution is -2.49. The molecule has 0 amide bonds. The molecule has 0 spiro atoms. The van der Waals surface area contributed by atoms with Crippen LogP contribution in [-0.2, 0) is 4.74 Å². The van der Waals surface area contributed by atoms with Crippen LogP contribution in [0.15, 0.2) is 12.1 Å². The summed E-state index contributed by atoms with van der Waals surface area (Å²) in [5.41, 5.74) is 5.62. The molecular formula is C14H16F2N2OS. The number of nitrogens with zero attached hydrogens (tertiary/aromatic N) is 1. The summed E-state index contributed by atoms with van der Waals surface area (Å²) >= 11 is 4.72. The molecule has 1 aromatic rings. The monoisotopic (exact) mass is 298 g/mol. The van der Waals surface area contributed by atoms with Crippen LogP contribution < -0.4 is 10.6 Å². The number of benzene rings is 1. The van der Waals surface area contributed by atoms with Crippen LogP contribution in [0.25, 0.3) is 0 Å². The average Bonchev–Trinajstić information content (AvgIpc) is 2.89. The first-order valence-corrected chi connectivity index (χ1v) is 7.16. The Morgan fingerprint density at radius 2 is 2.10 bits per heavy atom. The molecule has 0 bridgehead atoms. The third kappa shape index (κ3) is 2.16. The first-order chi connectivity index (χ1) is 9.59. The molecule has 2 atom stereocenters. The zero-order chi connectivity index (χ0) is 14.3. The molecule has 2 unspecified atom stereocenters. The molecule has 3 nitrogen and oxygen atoms in total. The minimum absolute atomic E-state index is 0.0440. The summed E-state index contributed by atoms with van der Waals surface area (Å²) < 4.78 is 34.0. The first-order valence-electron chi connectivity index (χ1n) is 6.75. The van der Waals surface area contributed by atoms with Crippen LogP contribution >= 0.6 is 12.2 Å². The number of hydrogen-bond donors (Lipinski definition) is 1. The van der Waals surface area contributed by atoms with E-state index >= 15 is 0 Å². The Balaban J connectivity index is 1.97. The molecule has 0 aromatic heterocycles. The van der Waals surface area contributed by atoms with Crippen molar-refractivity contribution in [2.24, 2.45) is 5.73 Å². The van der Waals surface area contributed by atoms with Crippen LogP contribution in [0.1, 0.15) is 24.8 Å². The maximum absolute atomic E-state index is 14.3. The van der Waals surface area contributed by atoms with Crippen molar-refractivity contribution in [2.75, 3.05) is 18.1 Å². The minimum Gasteiger partial charge on any atom is -0.389 e. The van der Waals surface area contributed by atoms with Crippen molar-refractivity contribution >= 4 is 22.9 Å². The molecule has 3 rings (SSSR count). The summed E-state index contributed by atoms with van der Waals surface area (Å²) in [6.07, 6.45) is 3.11. The zero-order valence-corrected chi connectivity index (χ0v) is 11.8. The molecule has 2 N–H and O–H groups in total. The highest BCUT2D eigenvalue weighted by Gasteiger charge is 2.37. The molecule has 0 radical (unpaired) electrons. The Morgan fingerprint density at radius 1 is 1.30 bits per heavy atom. The smallest absolute Gasteiger partial charge is 0.182 e. The van der Waals surface area contributed by atoms with E-state index in [-0.39, 0.29) is 28.4 Å². The Labute approximate surface area is 121 Å². The quantitative estimate of drug-likeness (QED) is 0.851. The minimum atomic E-state index is -0.962. The van der Waals surface area contributed by atoms with Gasteiger partial charge < -0.3 is 15.4 Å². The maximum atomic E-state index is 14.3. The van der Waals surface area contributed by atoms with Gasteiger partial charge in [-0.05, 0) is 31.4 Å². The van der Waals surface area contributed by atoms with Gasteiger partial charge in [-0.3, -0.25) is 0 Å². The number of morpholine rings is 1. The number of hydrogen-bond acceptors (Lipinski definition) is 3. The van der Waals surface area contributed by atoms with Crippen LogP contribution in [0.3, 0.4) is 0 Å². The normalized spacial score (nSPS) is 25.6. The molecule has 1 aliphatic carbocycles. The van der Waals surface area contributed by atoms with Crippen LogP contribution in [0.4, 0.5) is 14.5 Å². The highest BCUT2D eigenvalue weighted by Crippen LogP contribution is 2.35. The Morgan fingerprint density at radius 3 is 2.85 bits per heavy atom. The second-order valence-electron chi connectivity index (χ2n) is 5.23. The van der Waals surface area contributed by atoms with E-state index in [1.807, 2.05) is 4.90 Å². The van der Waals surface area contributed by atoms with Gasteiger partial charge in [-0.15, -0.1) is 0 Å². The van der Waals surface area contributed by atoms with Crippen molar-refractivity contribution in [3.63, 3.8) is 0 Å². The fourth-order valence-corrected chi connectivity index (χ4v) is 3.33. The molecule has 108 valence electrons. The van der Waals surface area contributed by atoms with Gasteiger partial charge in [0.25, 0.3) is 0 Å². The van der Waals surface area contributed by atoms with E-state index < -0.39 is 11.6 Å². The average molecular weight is 298 g/mol. The molecule has 1 aromatic carbocycles. The number of fused-ring (bicyclic) bond motifs is 1. The van der Waals surface area contributed by atoms with Gasteiger partial charge in [-0.1, -0.05) is 12.2 Å². The topological polar surface area (TPSA) is 38.5 Å². The number of ether oxygens (including phenoxy) is 1. The summed E-state index contributed by atoms with van der Waals surface area (Å²) in [5.74, 6) is -1.83. The van der Waals surface area contributed by atoms with Crippen molar-refractivity contribution in [1.29, 1.82) is 0 Å². The van der Waals surface area contributed by atoms with Gasteiger partial charge in [0, 0.05) is 12.1 Å². The molecular weight excluding hydrogens is 282 g/mol. The maximum Gasteiger partial charge on any atom is 0.182 e. The summed E-state index contributed by atoms with van der Waals surface area (Å²) in [4.78, 5) is 1.79. The number of anilines is 1. The highest BCUT2D eigenvalue weighted by atomic mass is 32.1. The standard InChI is InChI=1S/C14H16F2N2OS/c15-12-8(14(17)20)4-5-10(13(12)16)18-6-7-19-11-3-1-2-9(11)18/h4-5,9,11H,1-3,6-7H2,(H2,17,20). The SMILES string of the molecule is NC(=S)c1ccc(N2CCOC3CCCC32)c(F)c1F. The Bertz CT molecular complexity index is 552. The van der Waals surface area contributed by atoms with E-state index in [9.17, 15) is 8.78 Å². The van der Waals surface area contributed by atoms with E-state index in [1.165, 1.54) is 6.07 Å². The van der Waals surface area contributed by atoms with E-state index in [2.05, 4.69) is 0 Å². The summed E-state index contributed by atoms with van der Waals surface area (Å²) in [7, 11) is 0. The Hall–Kier alpha value is -1.27. The van der Waals surface area contributed by atoms with Crippen molar-refractivity contribution in [3.8, 4) is 0 Å². The summed E-state index contributed by atoms with van der Waals surface area (Å²) in [6, 6.07) is 3.15. The van der Waals surface area contributed by atoms with E-state index in [1.54, 1.807) is 6.07 Å². The third-order valence-electron chi connectivity index (χ3n) is 4.12. The van der Waals surface area contributed by atoms with Gasteiger partial charge in [0.2, 0.25) is 0 Å². The highest BCUT2D eigenvalue weighted by molar-refractivity contribution is 7.80. The first kappa shape index (κ1) is 13.7. The van der Waals surface area contributed by atoms with Crippen molar-refractivity contribution in [2.45, 2.75) is 31.4 Å². The van der Waals surface area contributed by atoms with Crippen LogP contribution in [-0.4, -0.2) is 30.3 Å². The van der Waals surface area contributed by atoms with Crippen LogP contribution in [0.5, 0.6) is 0 Å². The molecule has 1 saturated heterocycles. The van der Waals surface area contributed by atoms with Gasteiger partial charge >= 0.3 is 0 Å². The lowest BCUT2D eigenvalue weighted by Gasteiger charge is -2.39. The summed E-state index contributed by atoms with van der Waals surface area (Å²) in [5, 5.41) is 0. The number of thiocarbonyl (C=S) groups is 1. The largest absolute Gasteiger partial charge is 0.389 e. The molecule has 20 heavy (non-hydrogen) atoms. The van der Waals surface area contributed by atoms with Crippen molar-refractivity contribution in [1.82, 2.24) is 0 Å². The summed E-state index contributed by atoms with van der Waals surface area (Å²) in [6.45, 7) is 1.11. The van der Waals surface area contributed by atoms with Gasteiger partial charge in [0.1, 0.15) is 4.99 Å². The van der Waals surface area contributed by atoms with E-state index in [4.69, 9.17) is 22.7 Å². The third-order valence-corrected chi connectivity index (χ3v) is 4.34. The lowest BCUT2D eigenvalue weighted by atomic mass is 10.1. The molecule has 1 aliphatic heterocycles. The van der Waals surface area contributed by atoms with Crippen LogP contribution in [0.2, 0.25) is 0 Å². The predicted molar refractivity (Wildman–Crippen MR) is 77.0 cm³/mol. The van der Waals surface area contributed by atoms with E-state index in [0.717, 1.165) is 19.3 Å². The molecule has 2 aliphatic rings. The molecule has 1 saturated carbocycles. The number of nitrogens with two attached hydrogens (primary N) is 1. The van der Waals surface area contributed by atoms with Gasteiger partial charge in [-0.25, -0.2) is 8.78 Å². The van der Waals surface area contributed by atoms with Gasteiger partial charge in [0.15, 0.2) is 11.6 Å². The molecule has 2 fully saturated rings. The fourth-order valence-electron chi connectivity index (χ4n) is 3.18. The second-order valence-corrected chi connectivity index (χ2v) is 5.67. The number of rotatable bonds is 2.